The number of para-hydroxylation sites is 2. The van der Waals surface area contributed by atoms with Gasteiger partial charge in [0.05, 0.1) is 11.0 Å². The summed E-state index contributed by atoms with van der Waals surface area (Å²) >= 11 is 0. The van der Waals surface area contributed by atoms with E-state index in [1.54, 1.807) is 0 Å². The number of carbonyl (C=O) groups excluding carboxylic acids is 2. The molecule has 2 amide bonds. The predicted molar refractivity (Wildman–Crippen MR) is 126 cm³/mol. The molecule has 2 aliphatic rings. The number of amides is 2. The van der Waals surface area contributed by atoms with Crippen LogP contribution in [0.3, 0.4) is 0 Å². The van der Waals surface area contributed by atoms with Gasteiger partial charge in [0.2, 0.25) is 11.8 Å². The minimum Gasteiger partial charge on any atom is -0.341 e. The SMILES string of the molecule is Cc1cccc(N2C[C@@H](c3nc4ccccc4n3CC(=O)N3CCC(C)CC3)CC2=O)c1. The number of imidazole rings is 1. The fourth-order valence-electron chi connectivity index (χ4n) is 4.99. The lowest BCUT2D eigenvalue weighted by atomic mass is 9.99. The minimum atomic E-state index is -0.0374. The van der Waals surface area contributed by atoms with Crippen molar-refractivity contribution < 1.29 is 9.59 Å². The first-order valence-corrected chi connectivity index (χ1v) is 11.6. The Hall–Kier alpha value is -3.15. The first kappa shape index (κ1) is 20.7. The lowest BCUT2D eigenvalue weighted by molar-refractivity contribution is -0.133. The zero-order chi connectivity index (χ0) is 22.2. The molecule has 6 heteroatoms. The van der Waals surface area contributed by atoms with Gasteiger partial charge in [0.25, 0.3) is 0 Å². The Kier molecular flexibility index (Phi) is 5.45. The van der Waals surface area contributed by atoms with Crippen molar-refractivity contribution in [1.29, 1.82) is 0 Å². The highest BCUT2D eigenvalue weighted by atomic mass is 16.2. The summed E-state index contributed by atoms with van der Waals surface area (Å²) < 4.78 is 2.05. The fraction of sp³-hybridized carbons (Fsp3) is 0.423. The second-order valence-corrected chi connectivity index (χ2v) is 9.35. The number of aromatic nitrogens is 2. The van der Waals surface area contributed by atoms with Gasteiger partial charge in [-0.15, -0.1) is 0 Å². The highest BCUT2D eigenvalue weighted by Gasteiger charge is 2.35. The number of hydrogen-bond acceptors (Lipinski definition) is 3. The van der Waals surface area contributed by atoms with Crippen LogP contribution in [0.5, 0.6) is 0 Å². The Morgan fingerprint density at radius 1 is 1.09 bits per heavy atom. The third-order valence-corrected chi connectivity index (χ3v) is 6.92. The first-order valence-electron chi connectivity index (χ1n) is 11.6. The molecule has 32 heavy (non-hydrogen) atoms. The molecule has 0 unspecified atom stereocenters. The van der Waals surface area contributed by atoms with Gasteiger partial charge < -0.3 is 14.4 Å². The summed E-state index contributed by atoms with van der Waals surface area (Å²) in [6.07, 6.45) is 2.53. The molecule has 0 saturated carbocycles. The van der Waals surface area contributed by atoms with Crippen LogP contribution in [0.25, 0.3) is 11.0 Å². The molecular formula is C26H30N4O2. The molecule has 3 heterocycles. The van der Waals surface area contributed by atoms with Gasteiger partial charge >= 0.3 is 0 Å². The highest BCUT2D eigenvalue weighted by Crippen LogP contribution is 2.33. The molecule has 1 atom stereocenters. The van der Waals surface area contributed by atoms with Crippen LogP contribution in [0.15, 0.2) is 48.5 Å². The lowest BCUT2D eigenvalue weighted by Crippen LogP contribution is -2.40. The summed E-state index contributed by atoms with van der Waals surface area (Å²) in [6, 6.07) is 16.0. The van der Waals surface area contributed by atoms with Crippen molar-refractivity contribution in [2.45, 2.75) is 45.6 Å². The van der Waals surface area contributed by atoms with E-state index in [9.17, 15) is 9.59 Å². The van der Waals surface area contributed by atoms with Crippen molar-refractivity contribution in [2.24, 2.45) is 5.92 Å². The van der Waals surface area contributed by atoms with Crippen LogP contribution in [0.1, 0.15) is 43.5 Å². The average Bonchev–Trinajstić information content (AvgIpc) is 3.35. The molecular weight excluding hydrogens is 400 g/mol. The van der Waals surface area contributed by atoms with Crippen molar-refractivity contribution in [3.8, 4) is 0 Å². The molecule has 2 aliphatic heterocycles. The number of benzene rings is 2. The van der Waals surface area contributed by atoms with E-state index in [1.807, 2.05) is 69.8 Å². The molecule has 0 aliphatic carbocycles. The van der Waals surface area contributed by atoms with E-state index in [4.69, 9.17) is 4.98 Å². The molecule has 0 radical (unpaired) electrons. The van der Waals surface area contributed by atoms with E-state index in [1.165, 1.54) is 0 Å². The van der Waals surface area contributed by atoms with Gasteiger partial charge in [0.1, 0.15) is 12.4 Å². The zero-order valence-electron chi connectivity index (χ0n) is 18.8. The Morgan fingerprint density at radius 2 is 1.88 bits per heavy atom. The molecule has 0 spiro atoms. The average molecular weight is 431 g/mol. The van der Waals surface area contributed by atoms with Crippen molar-refractivity contribution in [2.75, 3.05) is 24.5 Å². The molecule has 2 saturated heterocycles. The Bertz CT molecular complexity index is 1160. The molecule has 0 bridgehead atoms. The number of aryl methyl sites for hydroxylation is 1. The summed E-state index contributed by atoms with van der Waals surface area (Å²) in [5.74, 6) is 1.73. The van der Waals surface area contributed by atoms with Gasteiger partial charge in [-0.05, 0) is 55.5 Å². The molecule has 2 fully saturated rings. The number of piperidine rings is 1. The van der Waals surface area contributed by atoms with Crippen LogP contribution in [-0.4, -0.2) is 45.9 Å². The number of rotatable bonds is 4. The van der Waals surface area contributed by atoms with Crippen molar-refractivity contribution in [3.05, 3.63) is 59.9 Å². The number of likely N-dealkylation sites (tertiary alicyclic amines) is 1. The Balaban J connectivity index is 1.44. The third-order valence-electron chi connectivity index (χ3n) is 6.92. The molecule has 1 aromatic heterocycles. The Morgan fingerprint density at radius 3 is 2.66 bits per heavy atom. The van der Waals surface area contributed by atoms with Gasteiger partial charge in [-0.3, -0.25) is 9.59 Å². The third kappa shape index (κ3) is 3.90. The topological polar surface area (TPSA) is 58.4 Å². The number of hydrogen-bond donors (Lipinski definition) is 0. The van der Waals surface area contributed by atoms with Crippen molar-refractivity contribution in [1.82, 2.24) is 14.5 Å². The Labute approximate surface area is 188 Å². The fourth-order valence-corrected chi connectivity index (χ4v) is 4.99. The van der Waals surface area contributed by atoms with E-state index in [0.29, 0.717) is 18.9 Å². The maximum absolute atomic E-state index is 13.2. The van der Waals surface area contributed by atoms with Crippen LogP contribution in [0.2, 0.25) is 0 Å². The summed E-state index contributed by atoms with van der Waals surface area (Å²) in [5.41, 5.74) is 3.90. The molecule has 166 valence electrons. The molecule has 5 rings (SSSR count). The maximum Gasteiger partial charge on any atom is 0.242 e. The first-order chi connectivity index (χ1) is 15.5. The summed E-state index contributed by atoms with van der Waals surface area (Å²) in [7, 11) is 0. The number of fused-ring (bicyclic) bond motifs is 1. The lowest BCUT2D eigenvalue weighted by Gasteiger charge is -2.30. The monoisotopic (exact) mass is 430 g/mol. The van der Waals surface area contributed by atoms with Crippen LogP contribution in [-0.2, 0) is 16.1 Å². The van der Waals surface area contributed by atoms with E-state index < -0.39 is 0 Å². The van der Waals surface area contributed by atoms with Crippen LogP contribution >= 0.6 is 0 Å². The van der Waals surface area contributed by atoms with Gasteiger partial charge in [0.15, 0.2) is 0 Å². The zero-order valence-corrected chi connectivity index (χ0v) is 18.8. The van der Waals surface area contributed by atoms with E-state index >= 15 is 0 Å². The largest absolute Gasteiger partial charge is 0.341 e. The number of carbonyl (C=O) groups is 2. The van der Waals surface area contributed by atoms with Crippen molar-refractivity contribution >= 4 is 28.5 Å². The highest BCUT2D eigenvalue weighted by molar-refractivity contribution is 5.96. The summed E-state index contributed by atoms with van der Waals surface area (Å²) in [4.78, 5) is 34.8. The quantitative estimate of drug-likeness (QED) is 0.626. The van der Waals surface area contributed by atoms with Gasteiger partial charge in [-0.2, -0.15) is 0 Å². The van der Waals surface area contributed by atoms with E-state index in [0.717, 1.165) is 54.0 Å². The molecule has 6 nitrogen and oxygen atoms in total. The van der Waals surface area contributed by atoms with E-state index in [2.05, 4.69) is 6.92 Å². The second-order valence-electron chi connectivity index (χ2n) is 9.35. The van der Waals surface area contributed by atoms with E-state index in [-0.39, 0.29) is 24.3 Å². The minimum absolute atomic E-state index is 0.0374. The predicted octanol–water partition coefficient (Wildman–Crippen LogP) is 4.12. The molecule has 3 aromatic rings. The molecule has 0 N–H and O–H groups in total. The maximum atomic E-state index is 13.2. The van der Waals surface area contributed by atoms with Gasteiger partial charge in [-0.1, -0.05) is 31.2 Å². The smallest absolute Gasteiger partial charge is 0.242 e. The van der Waals surface area contributed by atoms with Gasteiger partial charge in [-0.25, -0.2) is 4.98 Å². The molecule has 2 aromatic carbocycles. The van der Waals surface area contributed by atoms with Crippen LogP contribution in [0.4, 0.5) is 5.69 Å². The second kappa shape index (κ2) is 8.41. The standard InChI is InChI=1S/C26H30N4O2/c1-18-10-12-28(13-11-18)25(32)17-30-23-9-4-3-8-22(23)27-26(30)20-15-24(31)29(16-20)21-7-5-6-19(2)14-21/h3-9,14,18,20H,10-13,15-17H2,1-2H3/t20-/m0/s1. The number of anilines is 1. The number of nitrogens with zero attached hydrogens (tertiary/aromatic N) is 4. The van der Waals surface area contributed by atoms with Crippen LogP contribution < -0.4 is 4.90 Å². The summed E-state index contributed by atoms with van der Waals surface area (Å²) in [6.45, 7) is 6.80. The van der Waals surface area contributed by atoms with Crippen LogP contribution in [0, 0.1) is 12.8 Å². The van der Waals surface area contributed by atoms with Crippen molar-refractivity contribution in [3.63, 3.8) is 0 Å². The normalized spacial score (nSPS) is 19.8. The summed E-state index contributed by atoms with van der Waals surface area (Å²) in [5, 5.41) is 0. The van der Waals surface area contributed by atoms with Gasteiger partial charge in [0, 0.05) is 37.7 Å².